The molecule has 1 unspecified atom stereocenters. The van der Waals surface area contributed by atoms with Gasteiger partial charge in [-0.2, -0.15) is 0 Å². The van der Waals surface area contributed by atoms with E-state index in [0.717, 1.165) is 58.4 Å². The van der Waals surface area contributed by atoms with Crippen molar-refractivity contribution in [1.29, 1.82) is 0 Å². The van der Waals surface area contributed by atoms with Crippen LogP contribution in [0.5, 0.6) is 0 Å². The first kappa shape index (κ1) is 15.8. The van der Waals surface area contributed by atoms with Gasteiger partial charge in [0.1, 0.15) is 0 Å². The molecule has 0 aromatic carbocycles. The molecule has 2 saturated heterocycles. The summed E-state index contributed by atoms with van der Waals surface area (Å²) in [5.74, 6) is 0.318. The molecule has 116 valence electrons. The molecule has 0 spiro atoms. The van der Waals surface area contributed by atoms with Gasteiger partial charge in [0, 0.05) is 44.6 Å². The van der Waals surface area contributed by atoms with Crippen LogP contribution in [0.3, 0.4) is 0 Å². The molecular formula is C16H30N2O2. The summed E-state index contributed by atoms with van der Waals surface area (Å²) in [7, 11) is 0. The molecule has 1 amide bonds. The van der Waals surface area contributed by atoms with Crippen LogP contribution < -0.4 is 0 Å². The van der Waals surface area contributed by atoms with Gasteiger partial charge in [-0.1, -0.05) is 13.3 Å². The maximum atomic E-state index is 12.1. The number of aliphatic hydroxyl groups excluding tert-OH is 1. The Labute approximate surface area is 123 Å². The van der Waals surface area contributed by atoms with Gasteiger partial charge in [0.25, 0.3) is 0 Å². The molecule has 0 aromatic heterocycles. The third-order valence-electron chi connectivity index (χ3n) is 4.96. The van der Waals surface area contributed by atoms with E-state index in [1.807, 2.05) is 4.90 Å². The van der Waals surface area contributed by atoms with Crippen molar-refractivity contribution in [2.75, 3.05) is 39.3 Å². The minimum Gasteiger partial charge on any atom is -0.396 e. The monoisotopic (exact) mass is 282 g/mol. The fourth-order valence-corrected chi connectivity index (χ4v) is 3.82. The molecule has 20 heavy (non-hydrogen) atoms. The highest BCUT2D eigenvalue weighted by molar-refractivity contribution is 5.76. The summed E-state index contributed by atoms with van der Waals surface area (Å²) in [6, 6.07) is 0. The largest absolute Gasteiger partial charge is 0.396 e. The molecule has 2 heterocycles. The van der Waals surface area contributed by atoms with Crippen molar-refractivity contribution >= 4 is 5.91 Å². The Morgan fingerprint density at radius 1 is 1.20 bits per heavy atom. The predicted molar refractivity (Wildman–Crippen MR) is 80.5 cm³/mol. The molecule has 0 saturated carbocycles. The number of aliphatic hydroxyl groups is 1. The van der Waals surface area contributed by atoms with E-state index in [1.54, 1.807) is 0 Å². The van der Waals surface area contributed by atoms with Crippen molar-refractivity contribution in [2.45, 2.75) is 51.9 Å². The van der Waals surface area contributed by atoms with Crippen molar-refractivity contribution < 1.29 is 9.90 Å². The van der Waals surface area contributed by atoms with Crippen LogP contribution in [0.15, 0.2) is 0 Å². The van der Waals surface area contributed by atoms with Crippen LogP contribution in [0.4, 0.5) is 0 Å². The van der Waals surface area contributed by atoms with Gasteiger partial charge in [-0.3, -0.25) is 4.79 Å². The maximum absolute atomic E-state index is 12.1. The summed E-state index contributed by atoms with van der Waals surface area (Å²) < 4.78 is 0. The zero-order valence-electron chi connectivity index (χ0n) is 12.9. The Morgan fingerprint density at radius 3 is 2.60 bits per heavy atom. The zero-order chi connectivity index (χ0) is 14.4. The number of rotatable bonds is 6. The van der Waals surface area contributed by atoms with Gasteiger partial charge < -0.3 is 14.9 Å². The van der Waals surface area contributed by atoms with Crippen LogP contribution in [0.1, 0.15) is 51.9 Å². The first-order chi connectivity index (χ1) is 9.69. The standard InChI is InChI=1S/C16H30N2O2/c1-2-7-16(14-19)8-5-9-17(13-16)12-6-15(20)18-10-3-4-11-18/h19H,2-14H2,1H3. The second-order valence-electron chi connectivity index (χ2n) is 6.63. The molecule has 2 rings (SSSR count). The molecule has 0 aliphatic carbocycles. The molecule has 0 radical (unpaired) electrons. The lowest BCUT2D eigenvalue weighted by Gasteiger charge is -2.42. The van der Waals surface area contributed by atoms with E-state index in [0.29, 0.717) is 12.3 Å². The molecule has 2 aliphatic heterocycles. The van der Waals surface area contributed by atoms with Crippen molar-refractivity contribution in [3.05, 3.63) is 0 Å². The number of likely N-dealkylation sites (tertiary alicyclic amines) is 2. The Morgan fingerprint density at radius 2 is 1.95 bits per heavy atom. The van der Waals surface area contributed by atoms with E-state index in [4.69, 9.17) is 0 Å². The fourth-order valence-electron chi connectivity index (χ4n) is 3.82. The molecular weight excluding hydrogens is 252 g/mol. The van der Waals surface area contributed by atoms with Gasteiger partial charge in [-0.15, -0.1) is 0 Å². The van der Waals surface area contributed by atoms with Crippen LogP contribution in [-0.2, 0) is 4.79 Å². The summed E-state index contributed by atoms with van der Waals surface area (Å²) in [4.78, 5) is 16.5. The number of carbonyl (C=O) groups is 1. The van der Waals surface area contributed by atoms with Crippen LogP contribution in [0.2, 0.25) is 0 Å². The highest BCUT2D eigenvalue weighted by atomic mass is 16.3. The van der Waals surface area contributed by atoms with Crippen molar-refractivity contribution in [1.82, 2.24) is 9.80 Å². The quantitative estimate of drug-likeness (QED) is 0.809. The third-order valence-corrected chi connectivity index (χ3v) is 4.96. The first-order valence-corrected chi connectivity index (χ1v) is 8.30. The smallest absolute Gasteiger partial charge is 0.223 e. The average molecular weight is 282 g/mol. The van der Waals surface area contributed by atoms with Crippen LogP contribution in [-0.4, -0.2) is 60.1 Å². The zero-order valence-corrected chi connectivity index (χ0v) is 12.9. The summed E-state index contributed by atoms with van der Waals surface area (Å²) in [6.07, 6.45) is 7.49. The second kappa shape index (κ2) is 7.41. The van der Waals surface area contributed by atoms with E-state index in [-0.39, 0.29) is 12.0 Å². The minimum absolute atomic E-state index is 0.0870. The van der Waals surface area contributed by atoms with Gasteiger partial charge in [0.05, 0.1) is 0 Å². The molecule has 0 bridgehead atoms. The average Bonchev–Trinajstić information content (AvgIpc) is 3.00. The van der Waals surface area contributed by atoms with Gasteiger partial charge in [0.2, 0.25) is 5.91 Å². The SMILES string of the molecule is CCCC1(CO)CCCN(CCC(=O)N2CCCC2)C1. The first-order valence-electron chi connectivity index (χ1n) is 8.30. The van der Waals surface area contributed by atoms with Gasteiger partial charge >= 0.3 is 0 Å². The second-order valence-corrected chi connectivity index (χ2v) is 6.63. The normalized spacial score (nSPS) is 28.0. The topological polar surface area (TPSA) is 43.8 Å². The van der Waals surface area contributed by atoms with Crippen LogP contribution in [0.25, 0.3) is 0 Å². The van der Waals surface area contributed by atoms with Crippen molar-refractivity contribution in [3.8, 4) is 0 Å². The van der Waals surface area contributed by atoms with Gasteiger partial charge in [-0.25, -0.2) is 0 Å². The molecule has 4 heteroatoms. The number of amides is 1. The van der Waals surface area contributed by atoms with Crippen LogP contribution in [0, 0.1) is 5.41 Å². The van der Waals surface area contributed by atoms with Crippen LogP contribution >= 0.6 is 0 Å². The summed E-state index contributed by atoms with van der Waals surface area (Å²) in [5, 5.41) is 9.74. The number of carbonyl (C=O) groups excluding carboxylic acids is 1. The summed E-state index contributed by atoms with van der Waals surface area (Å²) >= 11 is 0. The lowest BCUT2D eigenvalue weighted by molar-refractivity contribution is -0.130. The van der Waals surface area contributed by atoms with Gasteiger partial charge in [0.15, 0.2) is 0 Å². The number of piperidine rings is 1. The van der Waals surface area contributed by atoms with E-state index in [1.165, 1.54) is 12.8 Å². The number of nitrogens with zero attached hydrogens (tertiary/aromatic N) is 2. The molecule has 0 aromatic rings. The Kier molecular flexibility index (Phi) is 5.85. The number of hydrogen-bond donors (Lipinski definition) is 1. The van der Waals surface area contributed by atoms with Gasteiger partial charge in [-0.05, 0) is 38.6 Å². The Balaban J connectivity index is 1.78. The predicted octanol–water partition coefficient (Wildman–Crippen LogP) is 1.87. The minimum atomic E-state index is 0.0870. The molecule has 2 fully saturated rings. The van der Waals surface area contributed by atoms with E-state index >= 15 is 0 Å². The molecule has 2 aliphatic rings. The van der Waals surface area contributed by atoms with E-state index in [2.05, 4.69) is 11.8 Å². The summed E-state index contributed by atoms with van der Waals surface area (Å²) in [6.45, 7) is 7.29. The molecule has 4 nitrogen and oxygen atoms in total. The van der Waals surface area contributed by atoms with Crippen molar-refractivity contribution in [2.24, 2.45) is 5.41 Å². The van der Waals surface area contributed by atoms with E-state index < -0.39 is 0 Å². The molecule has 1 atom stereocenters. The molecule has 1 N–H and O–H groups in total. The fraction of sp³-hybridized carbons (Fsp3) is 0.938. The maximum Gasteiger partial charge on any atom is 0.223 e. The highest BCUT2D eigenvalue weighted by Gasteiger charge is 2.34. The van der Waals surface area contributed by atoms with Crippen molar-refractivity contribution in [3.63, 3.8) is 0 Å². The van der Waals surface area contributed by atoms with E-state index in [9.17, 15) is 9.90 Å². The lowest BCUT2D eigenvalue weighted by Crippen LogP contribution is -2.46. The summed E-state index contributed by atoms with van der Waals surface area (Å²) in [5.41, 5.74) is 0.0870. The number of hydrogen-bond acceptors (Lipinski definition) is 3. The highest BCUT2D eigenvalue weighted by Crippen LogP contribution is 2.34. The Bertz CT molecular complexity index is 312. The lowest BCUT2D eigenvalue weighted by atomic mass is 9.77. The Hall–Kier alpha value is -0.610. The third kappa shape index (κ3) is 3.95.